The molecule has 0 saturated heterocycles. The number of carbonyl (C=O) groups is 5. The molecule has 0 aliphatic carbocycles. The number of carbonyl (C=O) groups excluding carboxylic acids is 3. The summed E-state index contributed by atoms with van der Waals surface area (Å²) in [6.45, 7) is 9.56. The number of methoxy groups -OCH3 is 1. The molecule has 3 unspecified atom stereocenters. The van der Waals surface area contributed by atoms with Gasteiger partial charge in [-0.2, -0.15) is 11.8 Å². The SMILES string of the molecule is COc1ccc(NC(=O)Nc2ccc(C(CC(C)C)C(=O)NC(CSCCC(NC(=O)CC(C)(C)C)C(=O)O)C(=O)O)cc2)cc1. The Bertz CT molecular complexity index is 1330. The third kappa shape index (κ3) is 13.8. The molecular formula is C33H46N4O8S. The van der Waals surface area contributed by atoms with E-state index >= 15 is 0 Å². The molecule has 0 aromatic heterocycles. The van der Waals surface area contributed by atoms with E-state index in [1.54, 1.807) is 55.6 Å². The highest BCUT2D eigenvalue weighted by atomic mass is 32.2. The van der Waals surface area contributed by atoms with E-state index < -0.39 is 41.9 Å². The lowest BCUT2D eigenvalue weighted by Crippen LogP contribution is -2.45. The second kappa shape index (κ2) is 18.0. The van der Waals surface area contributed by atoms with Crippen molar-refractivity contribution in [2.24, 2.45) is 11.3 Å². The Morgan fingerprint density at radius 3 is 1.85 bits per heavy atom. The predicted octanol–water partition coefficient (Wildman–Crippen LogP) is 5.17. The third-order valence-corrected chi connectivity index (χ3v) is 7.81. The van der Waals surface area contributed by atoms with Gasteiger partial charge in [-0.15, -0.1) is 0 Å². The first kappa shape index (κ1) is 37.9. The fourth-order valence-electron chi connectivity index (χ4n) is 4.47. The lowest BCUT2D eigenvalue weighted by Gasteiger charge is -2.23. The number of amides is 4. The van der Waals surface area contributed by atoms with Crippen molar-refractivity contribution in [3.8, 4) is 5.75 Å². The Hall–Kier alpha value is -4.26. The van der Waals surface area contributed by atoms with Gasteiger partial charge in [-0.1, -0.05) is 46.8 Å². The Balaban J connectivity index is 1.98. The van der Waals surface area contributed by atoms with Crippen molar-refractivity contribution in [3.05, 3.63) is 54.1 Å². The summed E-state index contributed by atoms with van der Waals surface area (Å²) in [4.78, 5) is 61.7. The van der Waals surface area contributed by atoms with Crippen LogP contribution in [0.5, 0.6) is 5.75 Å². The number of benzene rings is 2. The van der Waals surface area contributed by atoms with Crippen molar-refractivity contribution in [2.75, 3.05) is 29.2 Å². The second-order valence-electron chi connectivity index (χ2n) is 12.6. The van der Waals surface area contributed by atoms with Crippen LogP contribution in [-0.4, -0.2) is 70.7 Å². The highest BCUT2D eigenvalue weighted by molar-refractivity contribution is 7.99. The van der Waals surface area contributed by atoms with Crippen LogP contribution in [0.3, 0.4) is 0 Å². The van der Waals surface area contributed by atoms with Gasteiger partial charge >= 0.3 is 18.0 Å². The van der Waals surface area contributed by atoms with Crippen molar-refractivity contribution in [1.82, 2.24) is 10.6 Å². The molecule has 46 heavy (non-hydrogen) atoms. The Morgan fingerprint density at radius 1 is 0.826 bits per heavy atom. The number of nitrogens with one attached hydrogen (secondary N) is 4. The van der Waals surface area contributed by atoms with E-state index in [2.05, 4.69) is 21.3 Å². The van der Waals surface area contributed by atoms with Gasteiger partial charge in [0.15, 0.2) is 0 Å². The number of carboxylic acid groups (broad SMARTS) is 2. The summed E-state index contributed by atoms with van der Waals surface area (Å²) in [7, 11) is 1.55. The fraction of sp³-hybridized carbons (Fsp3) is 0.485. The van der Waals surface area contributed by atoms with Gasteiger partial charge in [-0.3, -0.25) is 9.59 Å². The second-order valence-corrected chi connectivity index (χ2v) is 13.7. The molecule has 2 aromatic rings. The molecule has 0 spiro atoms. The molecule has 4 amide bonds. The molecule has 0 bridgehead atoms. The van der Waals surface area contributed by atoms with Gasteiger partial charge in [0.1, 0.15) is 17.8 Å². The van der Waals surface area contributed by atoms with Crippen LogP contribution in [0.15, 0.2) is 48.5 Å². The average molecular weight is 659 g/mol. The van der Waals surface area contributed by atoms with Crippen LogP contribution in [0.2, 0.25) is 0 Å². The van der Waals surface area contributed by atoms with Crippen LogP contribution >= 0.6 is 11.8 Å². The zero-order chi connectivity index (χ0) is 34.4. The fourth-order valence-corrected chi connectivity index (χ4v) is 5.50. The van der Waals surface area contributed by atoms with E-state index in [0.29, 0.717) is 29.1 Å². The Labute approximate surface area is 274 Å². The Kier molecular flexibility index (Phi) is 14.9. The van der Waals surface area contributed by atoms with Crippen LogP contribution < -0.4 is 26.0 Å². The first-order valence-corrected chi connectivity index (χ1v) is 16.2. The number of urea groups is 1. The normalized spacial score (nSPS) is 13.2. The van der Waals surface area contributed by atoms with Gasteiger partial charge in [0.05, 0.1) is 13.0 Å². The van der Waals surface area contributed by atoms with E-state index in [-0.39, 0.29) is 41.6 Å². The molecular weight excluding hydrogens is 612 g/mol. The van der Waals surface area contributed by atoms with Crippen LogP contribution in [0, 0.1) is 11.3 Å². The largest absolute Gasteiger partial charge is 0.497 e. The van der Waals surface area contributed by atoms with Gasteiger partial charge in [-0.05, 0) is 71.9 Å². The minimum absolute atomic E-state index is 0.0178. The number of ether oxygens (including phenoxy) is 1. The zero-order valence-corrected chi connectivity index (χ0v) is 28.0. The molecule has 2 aromatic carbocycles. The maximum Gasteiger partial charge on any atom is 0.327 e. The van der Waals surface area contributed by atoms with Crippen molar-refractivity contribution in [1.29, 1.82) is 0 Å². The van der Waals surface area contributed by atoms with E-state index in [1.165, 1.54) is 11.8 Å². The van der Waals surface area contributed by atoms with Gasteiger partial charge in [0.2, 0.25) is 11.8 Å². The van der Waals surface area contributed by atoms with Crippen LogP contribution in [0.25, 0.3) is 0 Å². The maximum atomic E-state index is 13.4. The summed E-state index contributed by atoms with van der Waals surface area (Å²) in [5, 5.41) is 29.9. The van der Waals surface area contributed by atoms with Gasteiger partial charge in [0, 0.05) is 23.5 Å². The summed E-state index contributed by atoms with van der Waals surface area (Å²) in [5.41, 5.74) is 1.46. The number of anilines is 2. The smallest absolute Gasteiger partial charge is 0.327 e. The standard InChI is InChI=1S/C33H46N4O8S/c1-20(2)17-25(21-7-9-22(10-8-21)34-32(44)35-23-11-13-24(45-6)14-12-23)29(39)37-27(31(42)43)19-46-16-15-26(30(40)41)36-28(38)18-33(3,4)5/h7-14,20,25-27H,15-19H2,1-6H3,(H,36,38)(H,37,39)(H,40,41)(H,42,43)(H2,34,35,44). The van der Waals surface area contributed by atoms with Crippen molar-refractivity contribution in [3.63, 3.8) is 0 Å². The molecule has 0 saturated carbocycles. The number of aliphatic carboxylic acids is 2. The lowest BCUT2D eigenvalue weighted by atomic mass is 9.89. The van der Waals surface area contributed by atoms with Gasteiger partial charge in [0.25, 0.3) is 0 Å². The Morgan fingerprint density at radius 2 is 1.37 bits per heavy atom. The minimum atomic E-state index is -1.21. The molecule has 3 atom stereocenters. The van der Waals surface area contributed by atoms with E-state index in [1.807, 2.05) is 34.6 Å². The van der Waals surface area contributed by atoms with Crippen molar-refractivity contribution >= 4 is 52.9 Å². The topological polar surface area (TPSA) is 183 Å². The van der Waals surface area contributed by atoms with Crippen molar-refractivity contribution in [2.45, 2.75) is 71.9 Å². The van der Waals surface area contributed by atoms with Crippen LogP contribution in [-0.2, 0) is 19.2 Å². The molecule has 0 aliphatic rings. The quantitative estimate of drug-likeness (QED) is 0.125. The summed E-state index contributed by atoms with van der Waals surface area (Å²) in [6, 6.07) is 10.9. The molecule has 6 N–H and O–H groups in total. The first-order chi connectivity index (χ1) is 21.6. The van der Waals surface area contributed by atoms with Crippen LogP contribution in [0.4, 0.5) is 16.2 Å². The molecule has 252 valence electrons. The first-order valence-electron chi connectivity index (χ1n) is 15.0. The molecule has 0 heterocycles. The lowest BCUT2D eigenvalue weighted by molar-refractivity contribution is -0.142. The number of carboxylic acids is 2. The molecule has 2 rings (SSSR count). The van der Waals surface area contributed by atoms with E-state index in [0.717, 1.165) is 0 Å². The highest BCUT2D eigenvalue weighted by Crippen LogP contribution is 2.26. The summed E-state index contributed by atoms with van der Waals surface area (Å²) in [5.74, 6) is -2.74. The van der Waals surface area contributed by atoms with E-state index in [9.17, 15) is 34.2 Å². The number of thioether (sulfide) groups is 1. The van der Waals surface area contributed by atoms with E-state index in [4.69, 9.17) is 4.74 Å². The summed E-state index contributed by atoms with van der Waals surface area (Å²) < 4.78 is 5.12. The molecule has 0 aliphatic heterocycles. The molecule has 0 radical (unpaired) electrons. The predicted molar refractivity (Wildman–Crippen MR) is 179 cm³/mol. The third-order valence-electron chi connectivity index (χ3n) is 6.72. The van der Waals surface area contributed by atoms with Gasteiger partial charge < -0.3 is 36.2 Å². The van der Waals surface area contributed by atoms with Crippen LogP contribution in [0.1, 0.15) is 65.4 Å². The average Bonchev–Trinajstić information content (AvgIpc) is 2.96. The van der Waals surface area contributed by atoms with Crippen molar-refractivity contribution < 1.29 is 38.9 Å². The summed E-state index contributed by atoms with van der Waals surface area (Å²) >= 11 is 1.19. The monoisotopic (exact) mass is 658 g/mol. The molecule has 13 heteroatoms. The minimum Gasteiger partial charge on any atom is -0.497 e. The maximum absolute atomic E-state index is 13.4. The molecule has 0 fully saturated rings. The molecule has 12 nitrogen and oxygen atoms in total. The summed E-state index contributed by atoms with van der Waals surface area (Å²) in [6.07, 6.45) is 0.739. The zero-order valence-electron chi connectivity index (χ0n) is 27.2. The number of hydrogen-bond acceptors (Lipinski definition) is 7. The number of hydrogen-bond donors (Lipinski definition) is 6. The number of rotatable bonds is 17. The highest BCUT2D eigenvalue weighted by Gasteiger charge is 2.28. The van der Waals surface area contributed by atoms with Gasteiger partial charge in [-0.25, -0.2) is 14.4 Å².